The molecule has 90 valence electrons. The SMILES string of the molecule is Cc1nn(Cc2ccc(CN)cc2)c(C)c1C. The summed E-state index contributed by atoms with van der Waals surface area (Å²) in [6, 6.07) is 8.39. The lowest BCUT2D eigenvalue weighted by atomic mass is 10.1. The summed E-state index contributed by atoms with van der Waals surface area (Å²) in [7, 11) is 0. The first kappa shape index (κ1) is 11.9. The second kappa shape index (κ2) is 4.72. The number of hydrogen-bond acceptors (Lipinski definition) is 2. The molecule has 2 aromatic rings. The maximum Gasteiger partial charge on any atom is 0.0662 e. The zero-order valence-corrected chi connectivity index (χ0v) is 10.7. The predicted octanol–water partition coefficient (Wildman–Crippen LogP) is 2.32. The van der Waals surface area contributed by atoms with Crippen LogP contribution in [0, 0.1) is 20.8 Å². The fraction of sp³-hybridized carbons (Fsp3) is 0.357. The van der Waals surface area contributed by atoms with Gasteiger partial charge in [-0.3, -0.25) is 4.68 Å². The van der Waals surface area contributed by atoms with E-state index in [4.69, 9.17) is 5.73 Å². The molecule has 2 N–H and O–H groups in total. The van der Waals surface area contributed by atoms with Gasteiger partial charge in [-0.1, -0.05) is 24.3 Å². The summed E-state index contributed by atoms with van der Waals surface area (Å²) < 4.78 is 2.06. The van der Waals surface area contributed by atoms with Gasteiger partial charge in [-0.2, -0.15) is 5.10 Å². The van der Waals surface area contributed by atoms with Crippen LogP contribution < -0.4 is 5.73 Å². The summed E-state index contributed by atoms with van der Waals surface area (Å²) in [4.78, 5) is 0. The highest BCUT2D eigenvalue weighted by atomic mass is 15.3. The Morgan fingerprint density at radius 3 is 2.12 bits per heavy atom. The number of aryl methyl sites for hydroxylation is 1. The van der Waals surface area contributed by atoms with Crippen LogP contribution in [0.25, 0.3) is 0 Å². The predicted molar refractivity (Wildman–Crippen MR) is 69.9 cm³/mol. The lowest BCUT2D eigenvalue weighted by molar-refractivity contribution is 0.658. The molecule has 0 amide bonds. The monoisotopic (exact) mass is 229 g/mol. The fourth-order valence-corrected chi connectivity index (χ4v) is 1.89. The number of nitrogens with zero attached hydrogens (tertiary/aromatic N) is 2. The largest absolute Gasteiger partial charge is 0.326 e. The number of hydrogen-bond donors (Lipinski definition) is 1. The fourth-order valence-electron chi connectivity index (χ4n) is 1.89. The number of benzene rings is 1. The van der Waals surface area contributed by atoms with Gasteiger partial charge in [0.05, 0.1) is 12.2 Å². The summed E-state index contributed by atoms with van der Waals surface area (Å²) in [5, 5.41) is 4.54. The Morgan fingerprint density at radius 1 is 1.06 bits per heavy atom. The van der Waals surface area contributed by atoms with Crippen molar-refractivity contribution in [1.82, 2.24) is 9.78 Å². The first-order valence-electron chi connectivity index (χ1n) is 5.90. The zero-order chi connectivity index (χ0) is 12.4. The molecule has 0 saturated carbocycles. The molecule has 1 heterocycles. The van der Waals surface area contributed by atoms with Crippen LogP contribution in [-0.4, -0.2) is 9.78 Å². The van der Waals surface area contributed by atoms with Crippen LogP contribution in [0.1, 0.15) is 28.1 Å². The molecule has 0 aliphatic rings. The van der Waals surface area contributed by atoms with E-state index >= 15 is 0 Å². The molecule has 0 aliphatic carbocycles. The molecule has 3 nitrogen and oxygen atoms in total. The minimum Gasteiger partial charge on any atom is -0.326 e. The molecule has 0 aliphatic heterocycles. The average molecular weight is 229 g/mol. The van der Waals surface area contributed by atoms with Crippen molar-refractivity contribution in [3.05, 3.63) is 52.3 Å². The smallest absolute Gasteiger partial charge is 0.0662 e. The summed E-state index contributed by atoms with van der Waals surface area (Å²) >= 11 is 0. The molecule has 1 aromatic carbocycles. The van der Waals surface area contributed by atoms with Crippen molar-refractivity contribution < 1.29 is 0 Å². The summed E-state index contributed by atoms with van der Waals surface area (Å²) in [5.41, 5.74) is 11.6. The second-order valence-corrected chi connectivity index (χ2v) is 4.47. The minimum absolute atomic E-state index is 0.597. The Morgan fingerprint density at radius 2 is 1.65 bits per heavy atom. The van der Waals surface area contributed by atoms with E-state index in [-0.39, 0.29) is 0 Å². The highest BCUT2D eigenvalue weighted by Gasteiger charge is 2.07. The average Bonchev–Trinajstić information content (AvgIpc) is 2.58. The molecule has 0 spiro atoms. The molecule has 0 atom stereocenters. The van der Waals surface area contributed by atoms with Gasteiger partial charge in [-0.15, -0.1) is 0 Å². The van der Waals surface area contributed by atoms with Gasteiger partial charge in [0.2, 0.25) is 0 Å². The standard InChI is InChI=1S/C14H19N3/c1-10-11(2)16-17(12(10)3)9-14-6-4-13(8-15)5-7-14/h4-7H,8-9,15H2,1-3H3. The number of rotatable bonds is 3. The minimum atomic E-state index is 0.597. The Balaban J connectivity index is 2.22. The van der Waals surface area contributed by atoms with Gasteiger partial charge in [-0.05, 0) is 37.5 Å². The van der Waals surface area contributed by atoms with E-state index in [9.17, 15) is 0 Å². The Hall–Kier alpha value is -1.61. The highest BCUT2D eigenvalue weighted by molar-refractivity contribution is 5.26. The van der Waals surface area contributed by atoms with E-state index in [0.29, 0.717) is 6.54 Å². The van der Waals surface area contributed by atoms with Crippen molar-refractivity contribution >= 4 is 0 Å². The van der Waals surface area contributed by atoms with E-state index in [1.807, 2.05) is 0 Å². The van der Waals surface area contributed by atoms with Crippen LogP contribution in [0.2, 0.25) is 0 Å². The molecular weight excluding hydrogens is 210 g/mol. The zero-order valence-electron chi connectivity index (χ0n) is 10.7. The van der Waals surface area contributed by atoms with Crippen molar-refractivity contribution in [2.75, 3.05) is 0 Å². The van der Waals surface area contributed by atoms with Gasteiger partial charge in [0.15, 0.2) is 0 Å². The third kappa shape index (κ3) is 2.39. The van der Waals surface area contributed by atoms with Crippen molar-refractivity contribution in [3.63, 3.8) is 0 Å². The normalized spacial score (nSPS) is 10.8. The molecule has 0 radical (unpaired) electrons. The van der Waals surface area contributed by atoms with Crippen molar-refractivity contribution in [1.29, 1.82) is 0 Å². The molecule has 0 bridgehead atoms. The molecule has 0 fully saturated rings. The maximum absolute atomic E-state index is 5.58. The molecule has 17 heavy (non-hydrogen) atoms. The van der Waals surface area contributed by atoms with Crippen LogP contribution in [0.15, 0.2) is 24.3 Å². The van der Waals surface area contributed by atoms with E-state index in [0.717, 1.165) is 12.2 Å². The molecule has 0 saturated heterocycles. The second-order valence-electron chi connectivity index (χ2n) is 4.47. The topological polar surface area (TPSA) is 43.8 Å². The molecule has 3 heteroatoms. The van der Waals surface area contributed by atoms with Gasteiger partial charge in [0, 0.05) is 12.2 Å². The third-order valence-corrected chi connectivity index (χ3v) is 3.33. The highest BCUT2D eigenvalue weighted by Crippen LogP contribution is 2.13. The molecule has 1 aromatic heterocycles. The Bertz CT molecular complexity index is 509. The third-order valence-electron chi connectivity index (χ3n) is 3.33. The quantitative estimate of drug-likeness (QED) is 0.877. The van der Waals surface area contributed by atoms with Gasteiger partial charge in [0.1, 0.15) is 0 Å². The lowest BCUT2D eigenvalue weighted by Crippen LogP contribution is -2.04. The van der Waals surface area contributed by atoms with E-state index in [1.54, 1.807) is 0 Å². The molecule has 0 unspecified atom stereocenters. The summed E-state index contributed by atoms with van der Waals surface area (Å²) in [6.07, 6.45) is 0. The van der Waals surface area contributed by atoms with Gasteiger partial charge in [-0.25, -0.2) is 0 Å². The van der Waals surface area contributed by atoms with Gasteiger partial charge < -0.3 is 5.73 Å². The van der Waals surface area contributed by atoms with Crippen LogP contribution in [0.5, 0.6) is 0 Å². The lowest BCUT2D eigenvalue weighted by Gasteiger charge is -2.06. The number of aromatic nitrogens is 2. The molecule has 2 rings (SSSR count). The van der Waals surface area contributed by atoms with Crippen LogP contribution in [0.4, 0.5) is 0 Å². The van der Waals surface area contributed by atoms with Crippen molar-refractivity contribution in [2.24, 2.45) is 5.73 Å². The first-order valence-corrected chi connectivity index (χ1v) is 5.90. The maximum atomic E-state index is 5.58. The van der Waals surface area contributed by atoms with Crippen LogP contribution in [0.3, 0.4) is 0 Å². The molecular formula is C14H19N3. The van der Waals surface area contributed by atoms with E-state index in [1.165, 1.54) is 22.4 Å². The van der Waals surface area contributed by atoms with Crippen molar-refractivity contribution in [2.45, 2.75) is 33.9 Å². The summed E-state index contributed by atoms with van der Waals surface area (Å²) in [5.74, 6) is 0. The summed E-state index contributed by atoms with van der Waals surface area (Å²) in [6.45, 7) is 7.70. The van der Waals surface area contributed by atoms with E-state index < -0.39 is 0 Å². The van der Waals surface area contributed by atoms with Crippen LogP contribution >= 0.6 is 0 Å². The van der Waals surface area contributed by atoms with Gasteiger partial charge in [0.25, 0.3) is 0 Å². The Kier molecular flexibility index (Phi) is 3.29. The van der Waals surface area contributed by atoms with Crippen molar-refractivity contribution in [3.8, 4) is 0 Å². The number of nitrogens with two attached hydrogens (primary N) is 1. The first-order chi connectivity index (χ1) is 8.11. The Labute approximate surface area is 102 Å². The van der Waals surface area contributed by atoms with E-state index in [2.05, 4.69) is 54.8 Å². The van der Waals surface area contributed by atoms with Crippen LogP contribution in [-0.2, 0) is 13.1 Å². The van der Waals surface area contributed by atoms with Gasteiger partial charge >= 0.3 is 0 Å².